The summed E-state index contributed by atoms with van der Waals surface area (Å²) < 4.78 is 2.11. The van der Waals surface area contributed by atoms with Gasteiger partial charge in [-0.2, -0.15) is 10.4 Å². The van der Waals surface area contributed by atoms with E-state index in [4.69, 9.17) is 5.10 Å². The first kappa shape index (κ1) is 27.2. The molecule has 1 saturated heterocycles. The van der Waals surface area contributed by atoms with Crippen molar-refractivity contribution < 1.29 is 14.4 Å². The highest BCUT2D eigenvalue weighted by molar-refractivity contribution is 6.26. The molecule has 1 unspecified atom stereocenters. The van der Waals surface area contributed by atoms with Gasteiger partial charge in [0.15, 0.2) is 0 Å². The lowest BCUT2D eigenvalue weighted by Gasteiger charge is -2.40. The van der Waals surface area contributed by atoms with Crippen LogP contribution < -0.4 is 10.2 Å². The van der Waals surface area contributed by atoms with Crippen molar-refractivity contribution in [3.05, 3.63) is 59.4 Å². The first-order valence-corrected chi connectivity index (χ1v) is 14.5. The fraction of sp³-hybridized carbons (Fsp3) is 0.469. The van der Waals surface area contributed by atoms with Crippen LogP contribution in [-0.2, 0) is 21.5 Å². The van der Waals surface area contributed by atoms with Gasteiger partial charge in [-0.05, 0) is 67.7 Å². The molecule has 0 spiro atoms. The third kappa shape index (κ3) is 4.91. The van der Waals surface area contributed by atoms with Gasteiger partial charge in [0.25, 0.3) is 5.91 Å². The number of nitrogens with zero attached hydrogens (tertiary/aromatic N) is 5. The van der Waals surface area contributed by atoms with Crippen molar-refractivity contribution >= 4 is 34.6 Å². The lowest BCUT2D eigenvalue weighted by molar-refractivity contribution is -0.120. The summed E-state index contributed by atoms with van der Waals surface area (Å²) >= 11 is 0. The van der Waals surface area contributed by atoms with Crippen molar-refractivity contribution in [1.82, 2.24) is 20.0 Å². The molecule has 9 heteroatoms. The van der Waals surface area contributed by atoms with E-state index in [0.29, 0.717) is 12.0 Å². The van der Waals surface area contributed by atoms with Crippen LogP contribution in [0, 0.1) is 16.7 Å². The summed E-state index contributed by atoms with van der Waals surface area (Å²) in [6, 6.07) is 11.5. The zero-order valence-corrected chi connectivity index (χ0v) is 23.7. The van der Waals surface area contributed by atoms with Crippen LogP contribution in [0.25, 0.3) is 10.8 Å². The Bertz CT molecular complexity index is 1560. The van der Waals surface area contributed by atoms with Gasteiger partial charge >= 0.3 is 0 Å². The number of carbonyl (C=O) groups excluding carboxylic acids is 3. The predicted molar refractivity (Wildman–Crippen MR) is 156 cm³/mol. The Kier molecular flexibility index (Phi) is 6.90. The second-order valence-electron chi connectivity index (χ2n) is 12.2. The highest BCUT2D eigenvalue weighted by Crippen LogP contribution is 2.46. The Labute approximate surface area is 240 Å². The van der Waals surface area contributed by atoms with Gasteiger partial charge in [-0.15, -0.1) is 0 Å². The van der Waals surface area contributed by atoms with E-state index in [9.17, 15) is 19.6 Å². The third-order valence-corrected chi connectivity index (χ3v) is 9.39. The Morgan fingerprint density at radius 2 is 1.98 bits per heavy atom. The maximum absolute atomic E-state index is 13.4. The number of nitriles is 1. The summed E-state index contributed by atoms with van der Waals surface area (Å²) in [5, 5.41) is 18.7. The lowest BCUT2D eigenvalue weighted by Crippen LogP contribution is -2.46. The molecule has 1 aliphatic carbocycles. The standard InChI is InChI=1S/C32H36N6O3/c1-31(12-14-36(15-13-31)21-32(20-33)10-11-32)37-18-22(17-35-37)16-23-6-8-27-29-25(23)4-3-5-26(29)30(41)38(27)24(19-39)7-9-28(40)34-2/h3-6,8,17-19,24H,7,9-16,21H2,1-2H3,(H,34,40). The smallest absolute Gasteiger partial charge is 0.259 e. The number of aromatic nitrogens is 2. The van der Waals surface area contributed by atoms with Gasteiger partial charge in [-0.3, -0.25) is 19.2 Å². The predicted octanol–water partition coefficient (Wildman–Crippen LogP) is 3.80. The maximum atomic E-state index is 13.4. The maximum Gasteiger partial charge on any atom is 0.259 e. The summed E-state index contributed by atoms with van der Waals surface area (Å²) in [4.78, 5) is 41.2. The molecule has 3 heterocycles. The van der Waals surface area contributed by atoms with E-state index in [2.05, 4.69) is 34.1 Å². The monoisotopic (exact) mass is 552 g/mol. The van der Waals surface area contributed by atoms with E-state index in [-0.39, 0.29) is 35.6 Å². The van der Waals surface area contributed by atoms with E-state index in [1.165, 1.54) is 0 Å². The SMILES string of the molecule is CNC(=O)CCC(C=O)N1C(=O)c2cccc3c(Cc4cnn(C5(C)CCN(CC6(C#N)CC6)CC5)c4)ccc1c23. The fourth-order valence-corrected chi connectivity index (χ4v) is 6.48. The Balaban J connectivity index is 1.20. The molecular weight excluding hydrogens is 516 g/mol. The van der Waals surface area contributed by atoms with Gasteiger partial charge in [0.05, 0.1) is 34.9 Å². The molecule has 212 valence electrons. The van der Waals surface area contributed by atoms with E-state index in [1.54, 1.807) is 11.9 Å². The van der Waals surface area contributed by atoms with Crippen LogP contribution in [0.15, 0.2) is 42.7 Å². The van der Waals surface area contributed by atoms with E-state index >= 15 is 0 Å². The molecule has 6 rings (SSSR count). The van der Waals surface area contributed by atoms with E-state index in [0.717, 1.165) is 79.2 Å². The Morgan fingerprint density at radius 3 is 2.66 bits per heavy atom. The molecule has 2 aromatic carbocycles. The number of hydrogen-bond donors (Lipinski definition) is 1. The minimum Gasteiger partial charge on any atom is -0.359 e. The third-order valence-electron chi connectivity index (χ3n) is 9.39. The number of rotatable bonds is 10. The summed E-state index contributed by atoms with van der Waals surface area (Å²) in [6.45, 7) is 5.10. The highest BCUT2D eigenvalue weighted by atomic mass is 16.2. The van der Waals surface area contributed by atoms with Crippen LogP contribution in [0.2, 0.25) is 0 Å². The lowest BCUT2D eigenvalue weighted by atomic mass is 9.89. The molecule has 1 N–H and O–H groups in total. The van der Waals surface area contributed by atoms with Gasteiger partial charge in [0, 0.05) is 56.7 Å². The molecule has 3 aromatic rings. The minimum atomic E-state index is -0.707. The first-order chi connectivity index (χ1) is 19.8. The molecule has 41 heavy (non-hydrogen) atoms. The van der Waals surface area contributed by atoms with Gasteiger partial charge in [-0.25, -0.2) is 0 Å². The van der Waals surface area contributed by atoms with Crippen molar-refractivity contribution in [2.75, 3.05) is 31.6 Å². The summed E-state index contributed by atoms with van der Waals surface area (Å²) in [6.07, 6.45) is 10.00. The van der Waals surface area contributed by atoms with Crippen molar-refractivity contribution in [2.45, 2.75) is 63.5 Å². The molecule has 1 atom stereocenters. The Hall–Kier alpha value is -4.03. The number of amides is 2. The van der Waals surface area contributed by atoms with Crippen molar-refractivity contribution in [2.24, 2.45) is 5.41 Å². The second-order valence-corrected chi connectivity index (χ2v) is 12.2. The summed E-state index contributed by atoms with van der Waals surface area (Å²) in [7, 11) is 1.56. The number of carbonyl (C=O) groups is 3. The first-order valence-electron chi connectivity index (χ1n) is 14.5. The molecule has 2 amide bonds. The molecule has 0 radical (unpaired) electrons. The number of aldehydes is 1. The van der Waals surface area contributed by atoms with Crippen LogP contribution in [0.4, 0.5) is 5.69 Å². The average molecular weight is 553 g/mol. The van der Waals surface area contributed by atoms with Crippen LogP contribution in [0.5, 0.6) is 0 Å². The average Bonchev–Trinajstić information content (AvgIpc) is 3.50. The largest absolute Gasteiger partial charge is 0.359 e. The topological polar surface area (TPSA) is 111 Å². The molecule has 9 nitrogen and oxygen atoms in total. The zero-order chi connectivity index (χ0) is 28.8. The minimum absolute atomic E-state index is 0.0639. The number of nitrogens with one attached hydrogen (secondary N) is 1. The molecular formula is C32H36N6O3. The quantitative estimate of drug-likeness (QED) is 0.383. The van der Waals surface area contributed by atoms with Crippen molar-refractivity contribution in [1.29, 1.82) is 5.26 Å². The van der Waals surface area contributed by atoms with Gasteiger partial charge < -0.3 is 15.0 Å². The van der Waals surface area contributed by atoms with E-state index in [1.807, 2.05) is 36.5 Å². The second kappa shape index (κ2) is 10.4. The van der Waals surface area contributed by atoms with Crippen molar-refractivity contribution in [3.8, 4) is 6.07 Å². The number of piperidine rings is 1. The van der Waals surface area contributed by atoms with Crippen LogP contribution in [0.3, 0.4) is 0 Å². The summed E-state index contributed by atoms with van der Waals surface area (Å²) in [5.74, 6) is -0.363. The number of likely N-dealkylation sites (tertiary alicyclic amines) is 1. The number of benzene rings is 2. The normalized spacial score (nSPS) is 19.6. The van der Waals surface area contributed by atoms with Crippen LogP contribution in [-0.4, -0.2) is 65.5 Å². The molecule has 1 aromatic heterocycles. The molecule has 1 saturated carbocycles. The molecule has 0 bridgehead atoms. The number of anilines is 1. The summed E-state index contributed by atoms with van der Waals surface area (Å²) in [5.41, 5.74) is 3.34. The molecule has 2 fully saturated rings. The zero-order valence-electron chi connectivity index (χ0n) is 23.7. The van der Waals surface area contributed by atoms with Crippen LogP contribution >= 0.6 is 0 Å². The van der Waals surface area contributed by atoms with Gasteiger partial charge in [0.2, 0.25) is 5.91 Å². The van der Waals surface area contributed by atoms with Crippen molar-refractivity contribution in [3.63, 3.8) is 0 Å². The molecule has 2 aliphatic heterocycles. The van der Waals surface area contributed by atoms with Gasteiger partial charge in [0.1, 0.15) is 6.29 Å². The Morgan fingerprint density at radius 1 is 1.20 bits per heavy atom. The highest BCUT2D eigenvalue weighted by Gasteiger charge is 2.45. The molecule has 3 aliphatic rings. The van der Waals surface area contributed by atoms with E-state index < -0.39 is 6.04 Å². The number of hydrogen-bond acceptors (Lipinski definition) is 6. The van der Waals surface area contributed by atoms with Crippen LogP contribution in [0.1, 0.15) is 66.9 Å². The fourth-order valence-electron chi connectivity index (χ4n) is 6.48. The van der Waals surface area contributed by atoms with Gasteiger partial charge in [-0.1, -0.05) is 18.2 Å².